The Balaban J connectivity index is 2.10. The molecule has 0 aliphatic rings. The molecule has 1 aromatic rings. The molecule has 0 fully saturated rings. The van der Waals surface area contributed by atoms with Gasteiger partial charge in [-0.15, -0.1) is 0 Å². The molecule has 0 aliphatic carbocycles. The number of rotatable bonds is 18. The molecular formula is C26H36N2O8. The lowest BCUT2D eigenvalue weighted by molar-refractivity contribution is -0.139. The molecular weight excluding hydrogens is 468 g/mol. The Morgan fingerprint density at radius 3 is 1.33 bits per heavy atom. The van der Waals surface area contributed by atoms with Crippen LogP contribution in [0.15, 0.2) is 49.9 Å². The molecule has 1 rings (SSSR count). The van der Waals surface area contributed by atoms with Gasteiger partial charge in [0.1, 0.15) is 0 Å². The van der Waals surface area contributed by atoms with E-state index in [4.69, 9.17) is 9.47 Å². The average molecular weight is 505 g/mol. The maximum absolute atomic E-state index is 11.9. The number of hydrogen-bond acceptors (Lipinski definition) is 8. The first-order valence-corrected chi connectivity index (χ1v) is 12.0. The second-order valence-electron chi connectivity index (χ2n) is 7.74. The number of esters is 2. The Hall–Kier alpha value is -3.82. The summed E-state index contributed by atoms with van der Waals surface area (Å²) in [6.45, 7) is 7.20. The summed E-state index contributed by atoms with van der Waals surface area (Å²) < 4.78 is 19.5. The fourth-order valence-corrected chi connectivity index (χ4v) is 3.03. The van der Waals surface area contributed by atoms with Gasteiger partial charge in [-0.3, -0.25) is 20.2 Å². The fraction of sp³-hybridized carbons (Fsp3) is 0.462. The van der Waals surface area contributed by atoms with Crippen LogP contribution >= 0.6 is 0 Å². The van der Waals surface area contributed by atoms with Crippen LogP contribution in [0.3, 0.4) is 0 Å². The van der Waals surface area contributed by atoms with Crippen molar-refractivity contribution >= 4 is 35.5 Å². The van der Waals surface area contributed by atoms with E-state index in [0.717, 1.165) is 38.2 Å². The van der Waals surface area contributed by atoms with Crippen LogP contribution in [-0.2, 0) is 28.5 Å². The number of anilines is 2. The summed E-state index contributed by atoms with van der Waals surface area (Å²) in [4.78, 5) is 46.1. The monoisotopic (exact) mass is 504 g/mol. The van der Waals surface area contributed by atoms with Crippen LogP contribution in [0.2, 0.25) is 0 Å². The number of ether oxygens (including phenoxy) is 4. The minimum Gasteiger partial charge on any atom is -0.449 e. The maximum atomic E-state index is 11.9. The van der Waals surface area contributed by atoms with Gasteiger partial charge in [-0.1, -0.05) is 38.8 Å². The minimum absolute atomic E-state index is 0.274. The molecule has 1 aromatic carbocycles. The second-order valence-corrected chi connectivity index (χ2v) is 7.74. The number of carbonyl (C=O) groups excluding carboxylic acids is 4. The average Bonchev–Trinajstić information content (AvgIpc) is 2.84. The molecule has 0 atom stereocenters. The molecule has 2 N–H and O–H groups in total. The van der Waals surface area contributed by atoms with Gasteiger partial charge >= 0.3 is 24.1 Å². The van der Waals surface area contributed by atoms with Crippen molar-refractivity contribution in [3.8, 4) is 0 Å². The Morgan fingerprint density at radius 1 is 0.611 bits per heavy atom. The Bertz CT molecular complexity index is 770. The lowest BCUT2D eigenvalue weighted by atomic mass is 10.1. The molecule has 10 heteroatoms. The summed E-state index contributed by atoms with van der Waals surface area (Å²) in [5.74, 6) is -0.598. The standard InChI is InChI=1S/C26H36N2O8/c1-3-33-23(29)13-9-5-7-11-19-35-25(31)27-21-15-17-22(18-16-21)28-26(32)36-20-12-8-6-10-14-24(30)34-4-2/h3-4,15-18H,1-2,5-14,19-20H2,(H,27,31)(H,28,32). The van der Waals surface area contributed by atoms with Crippen molar-refractivity contribution in [3.05, 3.63) is 49.9 Å². The molecule has 0 bridgehead atoms. The number of hydrogen-bond donors (Lipinski definition) is 2. The van der Waals surface area contributed by atoms with Gasteiger partial charge in [0.05, 0.1) is 25.7 Å². The molecule has 198 valence electrons. The van der Waals surface area contributed by atoms with Gasteiger partial charge in [0.15, 0.2) is 0 Å². The molecule has 0 heterocycles. The van der Waals surface area contributed by atoms with E-state index in [1.807, 2.05) is 0 Å². The van der Waals surface area contributed by atoms with E-state index in [-0.39, 0.29) is 25.2 Å². The highest BCUT2D eigenvalue weighted by Crippen LogP contribution is 2.14. The van der Waals surface area contributed by atoms with E-state index < -0.39 is 12.2 Å². The van der Waals surface area contributed by atoms with E-state index in [0.29, 0.717) is 49.9 Å². The molecule has 0 saturated heterocycles. The van der Waals surface area contributed by atoms with Gasteiger partial charge in [0, 0.05) is 24.2 Å². The lowest BCUT2D eigenvalue weighted by Crippen LogP contribution is -2.15. The van der Waals surface area contributed by atoms with Crippen LogP contribution in [0, 0.1) is 0 Å². The first-order chi connectivity index (χ1) is 17.4. The highest BCUT2D eigenvalue weighted by molar-refractivity contribution is 5.87. The zero-order chi connectivity index (χ0) is 26.4. The van der Waals surface area contributed by atoms with Gasteiger partial charge in [0.2, 0.25) is 0 Å². The summed E-state index contributed by atoms with van der Waals surface area (Å²) in [6, 6.07) is 6.54. The summed E-state index contributed by atoms with van der Waals surface area (Å²) >= 11 is 0. The number of unbranched alkanes of at least 4 members (excludes halogenated alkanes) is 6. The van der Waals surface area contributed by atoms with Crippen molar-refractivity contribution in [2.45, 2.75) is 64.2 Å². The molecule has 0 saturated carbocycles. The van der Waals surface area contributed by atoms with Crippen LogP contribution in [0.5, 0.6) is 0 Å². The minimum atomic E-state index is -0.567. The van der Waals surface area contributed by atoms with Crippen molar-refractivity contribution in [1.29, 1.82) is 0 Å². The molecule has 36 heavy (non-hydrogen) atoms. The van der Waals surface area contributed by atoms with Crippen LogP contribution < -0.4 is 10.6 Å². The molecule has 0 radical (unpaired) electrons. The third-order valence-electron chi connectivity index (χ3n) is 4.82. The quantitative estimate of drug-likeness (QED) is 0.107. The number of benzene rings is 1. The Morgan fingerprint density at radius 2 is 0.972 bits per heavy atom. The summed E-state index contributed by atoms with van der Waals surface area (Å²) in [7, 11) is 0. The SMILES string of the molecule is C=COC(=O)CCCCCCOC(=O)Nc1ccc(NC(=O)OCCCCCCC(=O)OC=C)cc1. The summed E-state index contributed by atoms with van der Waals surface area (Å²) in [6.07, 6.45) is 7.93. The zero-order valence-electron chi connectivity index (χ0n) is 20.6. The zero-order valence-corrected chi connectivity index (χ0v) is 20.6. The van der Waals surface area contributed by atoms with Crippen LogP contribution in [-0.4, -0.2) is 37.3 Å². The topological polar surface area (TPSA) is 129 Å². The third kappa shape index (κ3) is 15.9. The summed E-state index contributed by atoms with van der Waals surface area (Å²) in [5, 5.41) is 5.23. The van der Waals surface area contributed by atoms with Crippen molar-refractivity contribution in [1.82, 2.24) is 0 Å². The van der Waals surface area contributed by atoms with Gasteiger partial charge in [-0.2, -0.15) is 0 Å². The number of nitrogens with one attached hydrogen (secondary N) is 2. The molecule has 2 amide bonds. The van der Waals surface area contributed by atoms with E-state index in [9.17, 15) is 19.2 Å². The third-order valence-corrected chi connectivity index (χ3v) is 4.82. The predicted molar refractivity (Wildman–Crippen MR) is 135 cm³/mol. The van der Waals surface area contributed by atoms with Crippen LogP contribution in [0.1, 0.15) is 64.2 Å². The van der Waals surface area contributed by atoms with Crippen molar-refractivity contribution in [3.63, 3.8) is 0 Å². The summed E-state index contributed by atoms with van der Waals surface area (Å²) in [5.41, 5.74) is 1.05. The van der Waals surface area contributed by atoms with Gasteiger partial charge in [-0.25, -0.2) is 9.59 Å². The van der Waals surface area contributed by atoms with Gasteiger partial charge in [-0.05, 0) is 49.9 Å². The normalized spacial score (nSPS) is 10.0. The van der Waals surface area contributed by atoms with E-state index in [2.05, 4.69) is 33.3 Å². The molecule has 10 nitrogen and oxygen atoms in total. The molecule has 0 spiro atoms. The van der Waals surface area contributed by atoms with E-state index >= 15 is 0 Å². The van der Waals surface area contributed by atoms with Gasteiger partial charge in [0.25, 0.3) is 0 Å². The molecule has 0 aliphatic heterocycles. The first-order valence-electron chi connectivity index (χ1n) is 12.0. The Labute approximate surface area is 212 Å². The number of amides is 2. The second kappa shape index (κ2) is 19.5. The highest BCUT2D eigenvalue weighted by atomic mass is 16.6. The Kier molecular flexibility index (Phi) is 16.3. The first kappa shape index (κ1) is 30.2. The number of carbonyl (C=O) groups is 4. The van der Waals surface area contributed by atoms with Gasteiger partial charge < -0.3 is 18.9 Å². The lowest BCUT2D eigenvalue weighted by Gasteiger charge is -2.09. The van der Waals surface area contributed by atoms with Crippen molar-refractivity contribution < 1.29 is 38.1 Å². The molecule has 0 aromatic heterocycles. The van der Waals surface area contributed by atoms with Crippen molar-refractivity contribution in [2.24, 2.45) is 0 Å². The van der Waals surface area contributed by atoms with Crippen LogP contribution in [0.4, 0.5) is 21.0 Å². The maximum Gasteiger partial charge on any atom is 0.411 e. The van der Waals surface area contributed by atoms with Crippen LogP contribution in [0.25, 0.3) is 0 Å². The largest absolute Gasteiger partial charge is 0.449 e. The van der Waals surface area contributed by atoms with Crippen molar-refractivity contribution in [2.75, 3.05) is 23.8 Å². The fourth-order valence-electron chi connectivity index (χ4n) is 3.03. The van der Waals surface area contributed by atoms with E-state index in [1.54, 1.807) is 24.3 Å². The molecule has 0 unspecified atom stereocenters. The predicted octanol–water partition coefficient (Wildman–Crippen LogP) is 6.06. The highest BCUT2D eigenvalue weighted by Gasteiger charge is 2.07. The van der Waals surface area contributed by atoms with E-state index in [1.165, 1.54) is 0 Å². The smallest absolute Gasteiger partial charge is 0.411 e.